The van der Waals surface area contributed by atoms with Crippen LogP contribution < -0.4 is 9.48 Å². The summed E-state index contributed by atoms with van der Waals surface area (Å²) in [5, 5.41) is 0. The Kier molecular flexibility index (Phi) is 1.42. The van der Waals surface area contributed by atoms with E-state index in [4.69, 9.17) is 9.26 Å². The highest BCUT2D eigenvalue weighted by Crippen LogP contribution is 2.04. The van der Waals surface area contributed by atoms with Gasteiger partial charge in [-0.25, -0.2) is 4.52 Å². The van der Waals surface area contributed by atoms with Crippen molar-refractivity contribution in [3.63, 3.8) is 0 Å². The molecule has 1 aromatic rings. The van der Waals surface area contributed by atoms with Crippen molar-refractivity contribution in [3.8, 4) is 5.88 Å². The van der Waals surface area contributed by atoms with Gasteiger partial charge in [0, 0.05) is 11.7 Å². The minimum absolute atomic E-state index is 0.743. The Bertz CT molecular complexity index is 205. The lowest BCUT2D eigenvalue weighted by atomic mass is 10.5. The van der Waals surface area contributed by atoms with Crippen molar-refractivity contribution < 1.29 is 14.0 Å². The Morgan fingerprint density at radius 1 is 1.67 bits per heavy atom. The van der Waals surface area contributed by atoms with E-state index in [1.54, 1.807) is 18.9 Å². The van der Waals surface area contributed by atoms with E-state index in [0.29, 0.717) is 0 Å². The first kappa shape index (κ1) is 6.13. The molecule has 0 bridgehead atoms. The summed E-state index contributed by atoms with van der Waals surface area (Å²) in [7, 11) is 3.41. The average Bonchev–Trinajstić information content (AvgIpc) is 2.10. The van der Waals surface area contributed by atoms with Gasteiger partial charge in [0.1, 0.15) is 0 Å². The van der Waals surface area contributed by atoms with Crippen molar-refractivity contribution in [2.24, 2.45) is 7.05 Å². The molecular formula is C6H10NO2+. The third-order valence-corrected chi connectivity index (χ3v) is 1.13. The minimum Gasteiger partial charge on any atom is -0.445 e. The molecule has 0 saturated carbocycles. The molecule has 0 aliphatic carbocycles. The SMILES string of the molecule is COc1cc(C)o[n+]1C. The van der Waals surface area contributed by atoms with Crippen LogP contribution in [0.1, 0.15) is 5.76 Å². The molecule has 0 atom stereocenters. The van der Waals surface area contributed by atoms with Crippen LogP contribution in [0.3, 0.4) is 0 Å². The first-order chi connectivity index (χ1) is 4.24. The van der Waals surface area contributed by atoms with Gasteiger partial charge in [0.05, 0.1) is 13.2 Å². The predicted octanol–water partition coefficient (Wildman–Crippen LogP) is 0.421. The van der Waals surface area contributed by atoms with Gasteiger partial charge in [-0.2, -0.15) is 0 Å². The standard InChI is InChI=1S/C6H10NO2/c1-5-4-6(8-3)7(2)9-5/h4H,1-3H3/q+1. The third-order valence-electron chi connectivity index (χ3n) is 1.13. The molecule has 0 spiro atoms. The monoisotopic (exact) mass is 128 g/mol. The zero-order valence-electron chi connectivity index (χ0n) is 5.84. The fourth-order valence-electron chi connectivity index (χ4n) is 0.740. The van der Waals surface area contributed by atoms with Crippen molar-refractivity contribution in [2.45, 2.75) is 6.92 Å². The topological polar surface area (TPSA) is 26.2 Å². The van der Waals surface area contributed by atoms with Crippen molar-refractivity contribution in [2.75, 3.05) is 7.11 Å². The normalized spacial score (nSPS) is 9.67. The molecule has 50 valence electrons. The summed E-state index contributed by atoms with van der Waals surface area (Å²) in [5.74, 6) is 1.60. The second-order valence-corrected chi connectivity index (χ2v) is 1.89. The van der Waals surface area contributed by atoms with Crippen LogP contribution >= 0.6 is 0 Å². The van der Waals surface area contributed by atoms with E-state index in [1.165, 1.54) is 0 Å². The van der Waals surface area contributed by atoms with Crippen LogP contribution in [0.4, 0.5) is 0 Å². The van der Waals surface area contributed by atoms with Gasteiger partial charge in [-0.15, -0.1) is 0 Å². The first-order valence-electron chi connectivity index (χ1n) is 2.75. The van der Waals surface area contributed by atoms with Crippen LogP contribution in [-0.2, 0) is 7.05 Å². The van der Waals surface area contributed by atoms with Crippen LogP contribution in [-0.4, -0.2) is 7.11 Å². The van der Waals surface area contributed by atoms with Crippen molar-refractivity contribution in [1.82, 2.24) is 0 Å². The number of nitrogens with zero attached hydrogens (tertiary/aromatic N) is 1. The smallest absolute Gasteiger partial charge is 0.414 e. The van der Waals surface area contributed by atoms with E-state index in [1.807, 2.05) is 13.0 Å². The molecule has 0 fully saturated rings. The quantitative estimate of drug-likeness (QED) is 0.512. The molecule has 0 amide bonds. The molecule has 0 aliphatic rings. The summed E-state index contributed by atoms with van der Waals surface area (Å²) < 4.78 is 11.6. The zero-order chi connectivity index (χ0) is 6.85. The molecule has 0 N–H and O–H groups in total. The Labute approximate surface area is 53.8 Å². The second-order valence-electron chi connectivity index (χ2n) is 1.89. The van der Waals surface area contributed by atoms with E-state index < -0.39 is 0 Å². The summed E-state index contributed by atoms with van der Waals surface area (Å²) in [5.41, 5.74) is 0. The van der Waals surface area contributed by atoms with Gasteiger partial charge in [-0.3, -0.25) is 0 Å². The number of methoxy groups -OCH3 is 1. The summed E-state index contributed by atoms with van der Waals surface area (Å²) in [6, 6.07) is 1.83. The van der Waals surface area contributed by atoms with Crippen LogP contribution in [0.5, 0.6) is 5.88 Å². The van der Waals surface area contributed by atoms with Gasteiger partial charge in [0.15, 0.2) is 12.8 Å². The maximum Gasteiger partial charge on any atom is 0.414 e. The van der Waals surface area contributed by atoms with E-state index in [9.17, 15) is 0 Å². The number of hydrogen-bond donors (Lipinski definition) is 0. The average molecular weight is 128 g/mol. The maximum absolute atomic E-state index is 5.10. The van der Waals surface area contributed by atoms with Gasteiger partial charge in [0.2, 0.25) is 0 Å². The van der Waals surface area contributed by atoms with Gasteiger partial charge in [0.25, 0.3) is 0 Å². The Morgan fingerprint density at radius 3 is 2.56 bits per heavy atom. The molecule has 3 nitrogen and oxygen atoms in total. The highest BCUT2D eigenvalue weighted by atomic mass is 16.5. The molecule has 1 heterocycles. The van der Waals surface area contributed by atoms with E-state index in [2.05, 4.69) is 0 Å². The lowest BCUT2D eigenvalue weighted by molar-refractivity contribution is -0.847. The van der Waals surface area contributed by atoms with Gasteiger partial charge < -0.3 is 4.74 Å². The van der Waals surface area contributed by atoms with Gasteiger partial charge >= 0.3 is 5.88 Å². The molecule has 1 aromatic heterocycles. The molecule has 0 aliphatic heterocycles. The number of ether oxygens (including phenoxy) is 1. The number of hydrogen-bond acceptors (Lipinski definition) is 2. The predicted molar refractivity (Wildman–Crippen MR) is 31.2 cm³/mol. The second kappa shape index (κ2) is 2.09. The fraction of sp³-hybridized carbons (Fsp3) is 0.500. The van der Waals surface area contributed by atoms with Gasteiger partial charge in [-0.05, 0) is 0 Å². The van der Waals surface area contributed by atoms with Crippen LogP contribution in [0, 0.1) is 6.92 Å². The summed E-state index contributed by atoms with van der Waals surface area (Å²) in [4.78, 5) is 0. The summed E-state index contributed by atoms with van der Waals surface area (Å²) >= 11 is 0. The van der Waals surface area contributed by atoms with Crippen molar-refractivity contribution >= 4 is 0 Å². The summed E-state index contributed by atoms with van der Waals surface area (Å²) in [6.45, 7) is 1.88. The molecule has 3 heteroatoms. The lowest BCUT2D eigenvalue weighted by Gasteiger charge is -1.82. The van der Waals surface area contributed by atoms with E-state index in [-0.39, 0.29) is 0 Å². The third kappa shape index (κ3) is 1.04. The minimum atomic E-state index is 0.743. The highest BCUT2D eigenvalue weighted by Gasteiger charge is 2.11. The van der Waals surface area contributed by atoms with Crippen LogP contribution in [0.25, 0.3) is 0 Å². The van der Waals surface area contributed by atoms with Crippen molar-refractivity contribution in [1.29, 1.82) is 0 Å². The van der Waals surface area contributed by atoms with Crippen LogP contribution in [0.15, 0.2) is 10.6 Å². The number of aryl methyl sites for hydroxylation is 2. The Morgan fingerprint density at radius 2 is 2.33 bits per heavy atom. The molecule has 0 saturated heterocycles. The molecule has 9 heavy (non-hydrogen) atoms. The zero-order valence-corrected chi connectivity index (χ0v) is 5.84. The van der Waals surface area contributed by atoms with E-state index >= 15 is 0 Å². The Balaban J connectivity index is 3.01. The van der Waals surface area contributed by atoms with E-state index in [0.717, 1.165) is 11.6 Å². The fourth-order valence-corrected chi connectivity index (χ4v) is 0.740. The number of aromatic nitrogens is 1. The molecule has 1 rings (SSSR count). The molecule has 0 unspecified atom stereocenters. The number of rotatable bonds is 1. The van der Waals surface area contributed by atoms with Crippen LogP contribution in [0.2, 0.25) is 0 Å². The lowest BCUT2D eigenvalue weighted by Crippen LogP contribution is -2.26. The largest absolute Gasteiger partial charge is 0.445 e. The first-order valence-corrected chi connectivity index (χ1v) is 2.75. The van der Waals surface area contributed by atoms with Crippen molar-refractivity contribution in [3.05, 3.63) is 11.8 Å². The maximum atomic E-state index is 5.10. The highest BCUT2D eigenvalue weighted by molar-refractivity contribution is 5.03. The molecule has 0 radical (unpaired) electrons. The van der Waals surface area contributed by atoms with Gasteiger partial charge in [-0.1, -0.05) is 0 Å². The Hall–Kier alpha value is -0.990. The molecular weight excluding hydrogens is 118 g/mol. The molecule has 0 aromatic carbocycles. The summed E-state index contributed by atoms with van der Waals surface area (Å²) in [6.07, 6.45) is 0.